The molecule has 1 N–H and O–H groups in total. The maximum Gasteiger partial charge on any atom is 0.410 e. The molecule has 2 atom stereocenters. The summed E-state index contributed by atoms with van der Waals surface area (Å²) in [6.45, 7) is 14.6. The number of nitrogens with one attached hydrogen (secondary N) is 1. The van der Waals surface area contributed by atoms with E-state index in [4.69, 9.17) is 14.2 Å². The molecular weight excluding hydrogens is 422 g/mol. The minimum Gasteiger partial charge on any atom is -0.477 e. The molecule has 1 saturated heterocycles. The van der Waals surface area contributed by atoms with Gasteiger partial charge >= 0.3 is 12.1 Å². The van der Waals surface area contributed by atoms with E-state index >= 15 is 0 Å². The number of methoxy groups -OCH3 is 1. The van der Waals surface area contributed by atoms with Crippen LogP contribution < -0.4 is 10.1 Å². The number of hydrogen-bond acceptors (Lipinski definition) is 7. The Balaban J connectivity index is 1.88. The number of hydrogen-bond donors (Lipinski definition) is 1. The number of carbonyl (C=O) groups is 2. The smallest absolute Gasteiger partial charge is 0.410 e. The Labute approximate surface area is 198 Å². The van der Waals surface area contributed by atoms with Crippen LogP contribution >= 0.6 is 0 Å². The molecule has 1 fully saturated rings. The zero-order valence-electron chi connectivity index (χ0n) is 21.5. The minimum absolute atomic E-state index is 0.145. The highest BCUT2D eigenvalue weighted by atomic mass is 16.6. The number of aryl methyl sites for hydroxylation is 1. The lowest BCUT2D eigenvalue weighted by Gasteiger charge is -2.38. The van der Waals surface area contributed by atoms with Crippen LogP contribution in [0, 0.1) is 5.92 Å². The quantitative estimate of drug-likeness (QED) is 0.553. The number of esters is 1. The van der Waals surface area contributed by atoms with Crippen molar-refractivity contribution < 1.29 is 23.8 Å². The molecular formula is C25H41N3O5. The van der Waals surface area contributed by atoms with E-state index in [1.54, 1.807) is 20.0 Å². The molecule has 1 aliphatic rings. The van der Waals surface area contributed by atoms with Gasteiger partial charge in [-0.2, -0.15) is 0 Å². The Kier molecular flexibility index (Phi) is 8.97. The van der Waals surface area contributed by atoms with Gasteiger partial charge in [0.25, 0.3) is 0 Å². The summed E-state index contributed by atoms with van der Waals surface area (Å²) in [6, 6.07) is 2.11. The van der Waals surface area contributed by atoms with Gasteiger partial charge in [0.2, 0.25) is 5.88 Å². The number of carbonyl (C=O) groups excluding carboxylic acids is 2. The fourth-order valence-corrected chi connectivity index (χ4v) is 4.06. The summed E-state index contributed by atoms with van der Waals surface area (Å²) in [7, 11) is 1.38. The number of aromatic nitrogens is 1. The van der Waals surface area contributed by atoms with Crippen LogP contribution in [0.1, 0.15) is 73.3 Å². The zero-order chi connectivity index (χ0) is 24.8. The summed E-state index contributed by atoms with van der Waals surface area (Å²) >= 11 is 0. The average Bonchev–Trinajstić information content (AvgIpc) is 2.72. The standard InChI is InChI=1S/C25H41N3O5/c1-9-19-15-20(27-25(6,7)22(29)31-8)16-26-21(19)32-13-11-18-10-12-28(17(2)14-18)23(30)33-24(3,4)5/h15-18,27H,9-14H2,1-8H3. The number of rotatable bonds is 8. The lowest BCUT2D eigenvalue weighted by atomic mass is 9.89. The molecule has 186 valence electrons. The Morgan fingerprint density at radius 2 is 1.94 bits per heavy atom. The topological polar surface area (TPSA) is 90.0 Å². The highest BCUT2D eigenvalue weighted by Gasteiger charge is 2.32. The third-order valence-corrected chi connectivity index (χ3v) is 5.84. The van der Waals surface area contributed by atoms with Gasteiger partial charge in [-0.3, -0.25) is 0 Å². The maximum atomic E-state index is 12.4. The molecule has 0 saturated carbocycles. The second-order valence-electron chi connectivity index (χ2n) is 10.3. The molecule has 1 aromatic rings. The van der Waals surface area contributed by atoms with E-state index in [1.807, 2.05) is 38.7 Å². The number of pyridine rings is 1. The van der Waals surface area contributed by atoms with Crippen molar-refractivity contribution in [3.63, 3.8) is 0 Å². The molecule has 0 aromatic carbocycles. The van der Waals surface area contributed by atoms with Crippen LogP contribution in [0.5, 0.6) is 5.88 Å². The van der Waals surface area contributed by atoms with Crippen LogP contribution in [0.25, 0.3) is 0 Å². The van der Waals surface area contributed by atoms with Crippen molar-refractivity contribution in [1.29, 1.82) is 0 Å². The molecule has 2 unspecified atom stereocenters. The summed E-state index contributed by atoms with van der Waals surface area (Å²) in [6.07, 6.45) is 4.99. The van der Waals surface area contributed by atoms with Crippen LogP contribution in [0.15, 0.2) is 12.3 Å². The van der Waals surface area contributed by atoms with Gasteiger partial charge in [0.05, 0.1) is 25.6 Å². The molecule has 0 aliphatic carbocycles. The third-order valence-electron chi connectivity index (χ3n) is 5.84. The predicted molar refractivity (Wildman–Crippen MR) is 129 cm³/mol. The Morgan fingerprint density at radius 1 is 1.24 bits per heavy atom. The van der Waals surface area contributed by atoms with Crippen molar-refractivity contribution in [2.75, 3.05) is 25.6 Å². The van der Waals surface area contributed by atoms with Crippen LogP contribution in [0.2, 0.25) is 0 Å². The summed E-state index contributed by atoms with van der Waals surface area (Å²) in [5.74, 6) is 0.775. The van der Waals surface area contributed by atoms with E-state index in [0.717, 1.165) is 36.9 Å². The molecule has 0 radical (unpaired) electrons. The first-order valence-corrected chi connectivity index (χ1v) is 11.8. The molecule has 0 bridgehead atoms. The summed E-state index contributed by atoms with van der Waals surface area (Å²) < 4.78 is 16.4. The van der Waals surface area contributed by atoms with Crippen LogP contribution in [0.3, 0.4) is 0 Å². The van der Waals surface area contributed by atoms with Crippen LogP contribution in [-0.4, -0.2) is 59.4 Å². The Morgan fingerprint density at radius 3 is 2.52 bits per heavy atom. The number of piperidine rings is 1. The third kappa shape index (κ3) is 7.79. The second kappa shape index (κ2) is 11.1. The van der Waals surface area contributed by atoms with Crippen LogP contribution in [-0.2, 0) is 20.7 Å². The van der Waals surface area contributed by atoms with E-state index < -0.39 is 11.1 Å². The molecule has 8 heteroatoms. The SMILES string of the molecule is CCc1cc(NC(C)(C)C(=O)OC)cnc1OCCC1CCN(C(=O)OC(C)(C)C)C(C)C1. The lowest BCUT2D eigenvalue weighted by Crippen LogP contribution is -2.46. The number of anilines is 1. The van der Waals surface area contributed by atoms with Gasteiger partial charge < -0.3 is 24.4 Å². The molecule has 1 aliphatic heterocycles. The normalized spacial score (nSPS) is 19.1. The fraction of sp³-hybridized carbons (Fsp3) is 0.720. The monoisotopic (exact) mass is 463 g/mol. The molecule has 8 nitrogen and oxygen atoms in total. The number of ether oxygens (including phenoxy) is 3. The van der Waals surface area contributed by atoms with Gasteiger partial charge in [0, 0.05) is 18.2 Å². The van der Waals surface area contributed by atoms with Crippen molar-refractivity contribution in [1.82, 2.24) is 9.88 Å². The van der Waals surface area contributed by atoms with E-state index in [-0.39, 0.29) is 18.1 Å². The van der Waals surface area contributed by atoms with E-state index in [0.29, 0.717) is 24.9 Å². The fourth-order valence-electron chi connectivity index (χ4n) is 4.06. The molecule has 1 amide bonds. The highest BCUT2D eigenvalue weighted by Crippen LogP contribution is 2.28. The van der Waals surface area contributed by atoms with Gasteiger partial charge in [-0.05, 0) is 79.2 Å². The molecule has 2 rings (SSSR count). The molecule has 1 aromatic heterocycles. The lowest BCUT2D eigenvalue weighted by molar-refractivity contribution is -0.144. The number of likely N-dealkylation sites (tertiary alicyclic amines) is 1. The van der Waals surface area contributed by atoms with Crippen LogP contribution in [0.4, 0.5) is 10.5 Å². The predicted octanol–water partition coefficient (Wildman–Crippen LogP) is 4.81. The maximum absolute atomic E-state index is 12.4. The van der Waals surface area contributed by atoms with Crippen molar-refractivity contribution in [3.05, 3.63) is 17.8 Å². The van der Waals surface area contributed by atoms with Crippen molar-refractivity contribution >= 4 is 17.7 Å². The van der Waals surface area contributed by atoms with E-state index in [2.05, 4.69) is 17.2 Å². The average molecular weight is 464 g/mol. The first-order valence-electron chi connectivity index (χ1n) is 11.8. The number of nitrogens with zero attached hydrogens (tertiary/aromatic N) is 2. The van der Waals surface area contributed by atoms with Crippen molar-refractivity contribution in [3.8, 4) is 5.88 Å². The Hall–Kier alpha value is -2.51. The van der Waals surface area contributed by atoms with Crippen molar-refractivity contribution in [2.24, 2.45) is 5.92 Å². The molecule has 33 heavy (non-hydrogen) atoms. The highest BCUT2D eigenvalue weighted by molar-refractivity contribution is 5.83. The first kappa shape index (κ1) is 26.7. The van der Waals surface area contributed by atoms with Gasteiger partial charge in [-0.25, -0.2) is 14.6 Å². The van der Waals surface area contributed by atoms with E-state index in [1.165, 1.54) is 7.11 Å². The molecule has 2 heterocycles. The zero-order valence-corrected chi connectivity index (χ0v) is 21.5. The number of amides is 1. The summed E-state index contributed by atoms with van der Waals surface area (Å²) in [4.78, 5) is 30.7. The van der Waals surface area contributed by atoms with Crippen molar-refractivity contribution in [2.45, 2.75) is 91.3 Å². The minimum atomic E-state index is -0.853. The summed E-state index contributed by atoms with van der Waals surface area (Å²) in [5.41, 5.74) is 0.395. The summed E-state index contributed by atoms with van der Waals surface area (Å²) in [5, 5.41) is 3.18. The first-order chi connectivity index (χ1) is 15.4. The molecule has 0 spiro atoms. The van der Waals surface area contributed by atoms with Gasteiger partial charge in [0.15, 0.2) is 0 Å². The van der Waals surface area contributed by atoms with Gasteiger partial charge in [-0.15, -0.1) is 0 Å². The largest absolute Gasteiger partial charge is 0.477 e. The van der Waals surface area contributed by atoms with Gasteiger partial charge in [-0.1, -0.05) is 6.92 Å². The second-order valence-corrected chi connectivity index (χ2v) is 10.3. The van der Waals surface area contributed by atoms with Gasteiger partial charge in [0.1, 0.15) is 11.1 Å². The Bertz CT molecular complexity index is 819. The van der Waals surface area contributed by atoms with E-state index in [9.17, 15) is 9.59 Å².